The lowest BCUT2D eigenvalue weighted by Crippen LogP contribution is -2.04. The van der Waals surface area contributed by atoms with E-state index in [0.29, 0.717) is 10.6 Å². The van der Waals surface area contributed by atoms with E-state index in [4.69, 9.17) is 16.9 Å². The van der Waals surface area contributed by atoms with Crippen molar-refractivity contribution < 1.29 is 0 Å². The van der Waals surface area contributed by atoms with Gasteiger partial charge in [-0.3, -0.25) is 0 Å². The maximum atomic E-state index is 8.82. The topological polar surface area (TPSA) is 35.8 Å². The van der Waals surface area contributed by atoms with Gasteiger partial charge in [0.2, 0.25) is 0 Å². The summed E-state index contributed by atoms with van der Waals surface area (Å²) in [5.74, 6) is 0. The Labute approximate surface area is 116 Å². The first-order valence-electron chi connectivity index (χ1n) is 5.62. The highest BCUT2D eigenvalue weighted by Crippen LogP contribution is 2.27. The molecule has 1 N–H and O–H groups in total. The van der Waals surface area contributed by atoms with E-state index in [0.717, 1.165) is 5.69 Å². The number of halogens is 1. The summed E-state index contributed by atoms with van der Waals surface area (Å²) in [4.78, 5) is 2.59. The summed E-state index contributed by atoms with van der Waals surface area (Å²) in [6.07, 6.45) is 0. The normalized spacial score (nSPS) is 11.9. The smallest absolute Gasteiger partial charge is 0.101 e. The minimum Gasteiger partial charge on any atom is -0.378 e. The Morgan fingerprint density at radius 1 is 1.33 bits per heavy atom. The van der Waals surface area contributed by atoms with Gasteiger partial charge in [-0.15, -0.1) is 11.3 Å². The zero-order valence-electron chi connectivity index (χ0n) is 10.2. The van der Waals surface area contributed by atoms with Gasteiger partial charge in [-0.25, -0.2) is 0 Å². The highest BCUT2D eigenvalue weighted by atomic mass is 35.5. The van der Waals surface area contributed by atoms with Crippen molar-refractivity contribution >= 4 is 28.6 Å². The molecule has 0 fully saturated rings. The van der Waals surface area contributed by atoms with Crippen molar-refractivity contribution in [1.82, 2.24) is 0 Å². The van der Waals surface area contributed by atoms with Crippen LogP contribution in [-0.4, -0.2) is 0 Å². The molecule has 18 heavy (non-hydrogen) atoms. The molecule has 1 atom stereocenters. The molecule has 0 saturated carbocycles. The summed E-state index contributed by atoms with van der Waals surface area (Å²) in [7, 11) is 0. The van der Waals surface area contributed by atoms with Crippen LogP contribution in [0.2, 0.25) is 5.02 Å². The summed E-state index contributed by atoms with van der Waals surface area (Å²) in [6, 6.07) is 11.9. The summed E-state index contributed by atoms with van der Waals surface area (Å²) in [6.45, 7) is 4.21. The lowest BCUT2D eigenvalue weighted by atomic mass is 10.2. The molecule has 0 spiro atoms. The summed E-state index contributed by atoms with van der Waals surface area (Å²) >= 11 is 7.78. The van der Waals surface area contributed by atoms with E-state index >= 15 is 0 Å². The van der Waals surface area contributed by atoms with Crippen molar-refractivity contribution in [2.24, 2.45) is 0 Å². The Balaban J connectivity index is 2.15. The van der Waals surface area contributed by atoms with Crippen LogP contribution < -0.4 is 5.32 Å². The number of nitriles is 1. The van der Waals surface area contributed by atoms with Crippen molar-refractivity contribution in [3.8, 4) is 6.07 Å². The number of hydrogen-bond acceptors (Lipinski definition) is 3. The molecular weight excluding hydrogens is 264 g/mol. The molecule has 0 bridgehead atoms. The molecule has 1 aromatic carbocycles. The number of nitrogens with zero attached hydrogens (tertiary/aromatic N) is 1. The van der Waals surface area contributed by atoms with Crippen LogP contribution in [0, 0.1) is 18.3 Å². The van der Waals surface area contributed by atoms with Gasteiger partial charge in [-0.2, -0.15) is 5.26 Å². The predicted molar refractivity (Wildman–Crippen MR) is 77.3 cm³/mol. The maximum Gasteiger partial charge on any atom is 0.101 e. The van der Waals surface area contributed by atoms with Crippen molar-refractivity contribution in [2.45, 2.75) is 19.9 Å². The van der Waals surface area contributed by atoms with Gasteiger partial charge in [0.15, 0.2) is 0 Å². The van der Waals surface area contributed by atoms with Crippen molar-refractivity contribution in [1.29, 1.82) is 5.26 Å². The molecule has 0 aliphatic heterocycles. The van der Waals surface area contributed by atoms with Crippen LogP contribution in [0.15, 0.2) is 30.3 Å². The molecule has 0 saturated heterocycles. The van der Waals surface area contributed by atoms with Gasteiger partial charge in [-0.1, -0.05) is 11.6 Å². The number of benzene rings is 1. The molecule has 1 heterocycles. The molecule has 1 unspecified atom stereocenters. The average Bonchev–Trinajstić information content (AvgIpc) is 2.76. The van der Waals surface area contributed by atoms with E-state index in [1.54, 1.807) is 23.5 Å². The second-order valence-corrected chi connectivity index (χ2v) is 5.85. The molecule has 0 radical (unpaired) electrons. The summed E-state index contributed by atoms with van der Waals surface area (Å²) < 4.78 is 0. The minimum absolute atomic E-state index is 0.229. The van der Waals surface area contributed by atoms with Gasteiger partial charge < -0.3 is 5.32 Å². The van der Waals surface area contributed by atoms with Gasteiger partial charge in [0.25, 0.3) is 0 Å². The molecular formula is C14H13ClN2S. The molecule has 0 aliphatic carbocycles. The van der Waals surface area contributed by atoms with E-state index in [2.05, 4.69) is 37.4 Å². The fourth-order valence-corrected chi connectivity index (χ4v) is 2.81. The third-order valence-corrected chi connectivity index (χ3v) is 4.16. The Morgan fingerprint density at radius 2 is 2.11 bits per heavy atom. The summed E-state index contributed by atoms with van der Waals surface area (Å²) in [5, 5.41) is 12.7. The van der Waals surface area contributed by atoms with Gasteiger partial charge in [-0.05, 0) is 44.2 Å². The first-order valence-corrected chi connectivity index (χ1v) is 6.82. The molecule has 2 rings (SSSR count). The third kappa shape index (κ3) is 2.84. The second-order valence-electron chi connectivity index (χ2n) is 4.12. The first-order chi connectivity index (χ1) is 8.60. The van der Waals surface area contributed by atoms with Crippen LogP contribution in [0.3, 0.4) is 0 Å². The van der Waals surface area contributed by atoms with Gasteiger partial charge in [0.05, 0.1) is 16.6 Å². The SMILES string of the molecule is Cc1ccc(C(C)Nc2ccc(C#N)c(Cl)c2)s1. The van der Waals surface area contributed by atoms with E-state index in [1.165, 1.54) is 9.75 Å². The molecule has 4 heteroatoms. The number of anilines is 1. The quantitative estimate of drug-likeness (QED) is 0.878. The van der Waals surface area contributed by atoms with E-state index < -0.39 is 0 Å². The zero-order chi connectivity index (χ0) is 13.1. The Morgan fingerprint density at radius 3 is 2.67 bits per heavy atom. The van der Waals surface area contributed by atoms with Crippen molar-refractivity contribution in [2.75, 3.05) is 5.32 Å². The lowest BCUT2D eigenvalue weighted by Gasteiger charge is -2.14. The Bertz CT molecular complexity index is 598. The largest absolute Gasteiger partial charge is 0.378 e. The van der Waals surface area contributed by atoms with E-state index in [9.17, 15) is 0 Å². The zero-order valence-corrected chi connectivity index (χ0v) is 11.8. The van der Waals surface area contributed by atoms with Gasteiger partial charge in [0.1, 0.15) is 6.07 Å². The van der Waals surface area contributed by atoms with Crippen molar-refractivity contribution in [3.63, 3.8) is 0 Å². The first kappa shape index (κ1) is 12.9. The Kier molecular flexibility index (Phi) is 3.90. The monoisotopic (exact) mass is 276 g/mol. The Hall–Kier alpha value is -1.50. The number of nitrogens with one attached hydrogen (secondary N) is 1. The van der Waals surface area contributed by atoms with Crippen LogP contribution >= 0.6 is 22.9 Å². The second kappa shape index (κ2) is 5.43. The van der Waals surface area contributed by atoms with Crippen LogP contribution in [0.25, 0.3) is 0 Å². The number of thiophene rings is 1. The summed E-state index contributed by atoms with van der Waals surface area (Å²) in [5.41, 5.74) is 1.43. The highest BCUT2D eigenvalue weighted by Gasteiger charge is 2.08. The number of hydrogen-bond donors (Lipinski definition) is 1. The fourth-order valence-electron chi connectivity index (χ4n) is 1.70. The molecule has 0 amide bonds. The van der Waals surface area contributed by atoms with E-state index in [-0.39, 0.29) is 6.04 Å². The number of rotatable bonds is 3. The van der Waals surface area contributed by atoms with Crippen LogP contribution in [0.1, 0.15) is 28.3 Å². The van der Waals surface area contributed by atoms with Gasteiger partial charge in [0, 0.05) is 15.4 Å². The highest BCUT2D eigenvalue weighted by molar-refractivity contribution is 7.12. The molecule has 92 valence electrons. The molecule has 0 aliphatic rings. The van der Waals surface area contributed by atoms with Crippen LogP contribution in [0.5, 0.6) is 0 Å². The standard InChI is InChI=1S/C14H13ClN2S/c1-9-3-6-14(18-9)10(2)17-12-5-4-11(8-16)13(15)7-12/h3-7,10,17H,1-2H3. The fraction of sp³-hybridized carbons (Fsp3) is 0.214. The van der Waals surface area contributed by atoms with Crippen LogP contribution in [0.4, 0.5) is 5.69 Å². The van der Waals surface area contributed by atoms with Gasteiger partial charge >= 0.3 is 0 Å². The van der Waals surface area contributed by atoms with E-state index in [1.807, 2.05) is 6.07 Å². The molecule has 2 nitrogen and oxygen atoms in total. The lowest BCUT2D eigenvalue weighted by molar-refractivity contribution is 0.908. The molecule has 2 aromatic rings. The number of aryl methyl sites for hydroxylation is 1. The average molecular weight is 277 g/mol. The predicted octanol–water partition coefficient (Wildman–Crippen LogP) is 4.75. The third-order valence-electron chi connectivity index (χ3n) is 2.66. The van der Waals surface area contributed by atoms with Crippen LogP contribution in [-0.2, 0) is 0 Å². The van der Waals surface area contributed by atoms with Crippen molar-refractivity contribution in [3.05, 3.63) is 50.7 Å². The maximum absolute atomic E-state index is 8.82. The molecule has 1 aromatic heterocycles. The minimum atomic E-state index is 0.229.